The van der Waals surface area contributed by atoms with Crippen molar-refractivity contribution >= 4 is 24.2 Å². The van der Waals surface area contributed by atoms with E-state index in [2.05, 4.69) is 20.8 Å². The van der Waals surface area contributed by atoms with Crippen LogP contribution < -0.4 is 5.32 Å². The van der Waals surface area contributed by atoms with Crippen LogP contribution in [0, 0.1) is 0 Å². The van der Waals surface area contributed by atoms with E-state index in [1.807, 2.05) is 0 Å². The van der Waals surface area contributed by atoms with Gasteiger partial charge >= 0.3 is 0 Å². The van der Waals surface area contributed by atoms with Gasteiger partial charge < -0.3 is 15.1 Å². The Bertz CT molecular complexity index is 433. The number of hydrogen-bond donors (Lipinski definition) is 1. The van der Waals surface area contributed by atoms with E-state index in [-0.39, 0.29) is 37.3 Å². The molecular weight excluding hydrogens is 286 g/mol. The van der Waals surface area contributed by atoms with E-state index in [1.165, 1.54) is 15.9 Å². The van der Waals surface area contributed by atoms with Crippen LogP contribution in [0.15, 0.2) is 6.33 Å². The number of halogens is 1. The van der Waals surface area contributed by atoms with Gasteiger partial charge in [-0.25, -0.2) is 4.68 Å². The van der Waals surface area contributed by atoms with Gasteiger partial charge in [0.2, 0.25) is 11.8 Å². The maximum Gasteiger partial charge on any atom is 0.244 e. The number of carbonyl (C=O) groups is 2. The van der Waals surface area contributed by atoms with Crippen molar-refractivity contribution in [2.24, 2.45) is 0 Å². The summed E-state index contributed by atoms with van der Waals surface area (Å²) >= 11 is 0. The first kappa shape index (κ1) is 16.3. The van der Waals surface area contributed by atoms with Crippen molar-refractivity contribution in [1.29, 1.82) is 0 Å². The Morgan fingerprint density at radius 2 is 2.05 bits per heavy atom. The smallest absolute Gasteiger partial charge is 0.244 e. The van der Waals surface area contributed by atoms with Crippen molar-refractivity contribution in [2.45, 2.75) is 6.54 Å². The van der Waals surface area contributed by atoms with Gasteiger partial charge in [0.1, 0.15) is 12.9 Å². The van der Waals surface area contributed by atoms with E-state index >= 15 is 0 Å². The van der Waals surface area contributed by atoms with E-state index in [0.717, 1.165) is 13.1 Å². The Morgan fingerprint density at radius 1 is 1.35 bits per heavy atom. The highest BCUT2D eigenvalue weighted by Gasteiger charge is 2.20. The zero-order chi connectivity index (χ0) is 13.7. The summed E-state index contributed by atoms with van der Waals surface area (Å²) in [7, 11) is 1.60. The molecule has 0 unspecified atom stereocenters. The number of likely N-dealkylation sites (N-methyl/N-ethyl adjacent to an activating group) is 1. The number of nitrogens with one attached hydrogen (secondary N) is 1. The van der Waals surface area contributed by atoms with Crippen molar-refractivity contribution in [2.75, 3.05) is 39.8 Å². The fourth-order valence-electron chi connectivity index (χ4n) is 1.82. The highest BCUT2D eigenvalue weighted by atomic mass is 35.5. The van der Waals surface area contributed by atoms with Gasteiger partial charge in [-0.3, -0.25) is 9.59 Å². The molecule has 1 fully saturated rings. The Labute approximate surface area is 122 Å². The van der Waals surface area contributed by atoms with Gasteiger partial charge in [0.15, 0.2) is 0 Å². The molecule has 0 bridgehead atoms. The van der Waals surface area contributed by atoms with E-state index < -0.39 is 0 Å². The fourth-order valence-corrected chi connectivity index (χ4v) is 1.82. The zero-order valence-corrected chi connectivity index (χ0v) is 12.0. The van der Waals surface area contributed by atoms with E-state index in [0.29, 0.717) is 13.1 Å². The monoisotopic (exact) mass is 303 g/mol. The molecule has 0 atom stereocenters. The van der Waals surface area contributed by atoms with Crippen LogP contribution in [0.3, 0.4) is 0 Å². The van der Waals surface area contributed by atoms with Crippen LogP contribution in [-0.2, 0) is 16.1 Å². The molecule has 1 saturated heterocycles. The average molecular weight is 304 g/mol. The molecule has 9 nitrogen and oxygen atoms in total. The van der Waals surface area contributed by atoms with Crippen LogP contribution in [0.1, 0.15) is 0 Å². The molecule has 1 aliphatic rings. The summed E-state index contributed by atoms with van der Waals surface area (Å²) < 4.78 is 1.33. The van der Waals surface area contributed by atoms with Gasteiger partial charge in [-0.2, -0.15) is 0 Å². The van der Waals surface area contributed by atoms with Gasteiger partial charge in [0.25, 0.3) is 0 Å². The van der Waals surface area contributed by atoms with Crippen LogP contribution >= 0.6 is 12.4 Å². The lowest BCUT2D eigenvalue weighted by Crippen LogP contribution is -2.50. The SMILES string of the molecule is CN(CC(=O)N1CCNCC1)C(=O)Cn1cnnn1.Cl. The van der Waals surface area contributed by atoms with Gasteiger partial charge in [-0.1, -0.05) is 0 Å². The van der Waals surface area contributed by atoms with Gasteiger partial charge in [-0.05, 0) is 10.4 Å². The third-order valence-corrected chi connectivity index (χ3v) is 2.96. The molecule has 1 aliphatic heterocycles. The quantitative estimate of drug-likeness (QED) is 0.690. The number of piperazine rings is 1. The van der Waals surface area contributed by atoms with Crippen molar-refractivity contribution in [3.63, 3.8) is 0 Å². The summed E-state index contributed by atoms with van der Waals surface area (Å²) in [6.45, 7) is 3.10. The normalized spacial score (nSPS) is 14.6. The summed E-state index contributed by atoms with van der Waals surface area (Å²) in [5, 5.41) is 13.7. The van der Waals surface area contributed by atoms with Crippen molar-refractivity contribution in [3.05, 3.63) is 6.33 Å². The summed E-state index contributed by atoms with van der Waals surface area (Å²) in [5.41, 5.74) is 0. The molecule has 1 N–H and O–H groups in total. The number of nitrogens with zero attached hydrogens (tertiary/aromatic N) is 6. The average Bonchev–Trinajstić information content (AvgIpc) is 2.92. The molecule has 2 rings (SSSR count). The predicted molar refractivity (Wildman–Crippen MR) is 72.2 cm³/mol. The molecule has 1 aromatic rings. The molecule has 10 heteroatoms. The number of carbonyl (C=O) groups excluding carboxylic acids is 2. The lowest BCUT2D eigenvalue weighted by molar-refractivity contribution is -0.140. The molecule has 0 spiro atoms. The minimum absolute atomic E-state index is 0. The standard InChI is InChI=1S/C10H17N7O2.ClH/c1-15(9(18)7-17-8-12-13-14-17)6-10(19)16-4-2-11-3-5-16;/h8,11H,2-7H2,1H3;1H. The maximum atomic E-state index is 12.0. The van der Waals surface area contributed by atoms with Gasteiger partial charge in [-0.15, -0.1) is 17.5 Å². The third kappa shape index (κ3) is 4.42. The fraction of sp³-hybridized carbons (Fsp3) is 0.700. The molecule has 2 amide bonds. The van der Waals surface area contributed by atoms with Crippen LogP contribution in [0.4, 0.5) is 0 Å². The molecule has 0 aliphatic carbocycles. The Hall–Kier alpha value is -1.74. The molecule has 1 aromatic heterocycles. The van der Waals surface area contributed by atoms with E-state index in [1.54, 1.807) is 11.9 Å². The number of rotatable bonds is 4. The summed E-state index contributed by atoms with van der Waals surface area (Å²) in [4.78, 5) is 27.0. The van der Waals surface area contributed by atoms with Gasteiger partial charge in [0, 0.05) is 33.2 Å². The number of tetrazole rings is 1. The maximum absolute atomic E-state index is 12.0. The predicted octanol–water partition coefficient (Wildman–Crippen LogP) is -2.01. The first-order chi connectivity index (χ1) is 9.16. The molecule has 0 aromatic carbocycles. The summed E-state index contributed by atoms with van der Waals surface area (Å²) in [6, 6.07) is 0. The van der Waals surface area contributed by atoms with Crippen molar-refractivity contribution < 1.29 is 9.59 Å². The molecule has 112 valence electrons. The number of aromatic nitrogens is 4. The highest BCUT2D eigenvalue weighted by molar-refractivity contribution is 5.85. The first-order valence-electron chi connectivity index (χ1n) is 6.10. The molecular formula is C10H18ClN7O2. The zero-order valence-electron chi connectivity index (χ0n) is 11.2. The second kappa shape index (κ2) is 7.75. The second-order valence-electron chi connectivity index (χ2n) is 4.39. The number of hydrogen-bond acceptors (Lipinski definition) is 6. The molecule has 2 heterocycles. The lowest BCUT2D eigenvalue weighted by atomic mass is 10.3. The summed E-state index contributed by atoms with van der Waals surface area (Å²) in [6.07, 6.45) is 1.36. The lowest BCUT2D eigenvalue weighted by Gasteiger charge is -2.29. The molecule has 20 heavy (non-hydrogen) atoms. The van der Waals surface area contributed by atoms with Crippen LogP contribution in [-0.4, -0.2) is 81.6 Å². The largest absolute Gasteiger partial charge is 0.339 e. The van der Waals surface area contributed by atoms with Crippen molar-refractivity contribution in [3.8, 4) is 0 Å². The van der Waals surface area contributed by atoms with Crippen LogP contribution in [0.2, 0.25) is 0 Å². The van der Waals surface area contributed by atoms with Crippen molar-refractivity contribution in [1.82, 2.24) is 35.3 Å². The van der Waals surface area contributed by atoms with Crippen LogP contribution in [0.5, 0.6) is 0 Å². The second-order valence-corrected chi connectivity index (χ2v) is 4.39. The molecule has 0 radical (unpaired) electrons. The third-order valence-electron chi connectivity index (χ3n) is 2.96. The highest BCUT2D eigenvalue weighted by Crippen LogP contribution is 1.97. The number of amides is 2. The Balaban J connectivity index is 0.00000200. The van der Waals surface area contributed by atoms with Crippen LogP contribution in [0.25, 0.3) is 0 Å². The summed E-state index contributed by atoms with van der Waals surface area (Å²) in [5.74, 6) is -0.232. The van der Waals surface area contributed by atoms with Gasteiger partial charge in [0.05, 0.1) is 6.54 Å². The van der Waals surface area contributed by atoms with E-state index in [4.69, 9.17) is 0 Å². The minimum atomic E-state index is -0.198. The Kier molecular flexibility index (Phi) is 6.32. The molecule has 0 saturated carbocycles. The van der Waals surface area contributed by atoms with E-state index in [9.17, 15) is 9.59 Å². The topological polar surface area (TPSA) is 96.2 Å². The Morgan fingerprint density at radius 3 is 2.65 bits per heavy atom. The first-order valence-corrected chi connectivity index (χ1v) is 6.10. The minimum Gasteiger partial charge on any atom is -0.339 e.